The van der Waals surface area contributed by atoms with E-state index in [2.05, 4.69) is 10.7 Å². The number of anilines is 3. The summed E-state index contributed by atoms with van der Waals surface area (Å²) >= 11 is 0. The van der Waals surface area contributed by atoms with E-state index in [1.807, 2.05) is 0 Å². The maximum Gasteiger partial charge on any atom is 0.414 e. The molecule has 246 valence electrons. The smallest absolute Gasteiger partial charge is 0.414 e. The Hall–Kier alpha value is -4.79. The predicted molar refractivity (Wildman–Crippen MR) is 162 cm³/mol. The van der Waals surface area contributed by atoms with E-state index in [1.54, 1.807) is 17.0 Å². The molecule has 5 rings (SSSR count). The number of amides is 4. The molecule has 0 aliphatic carbocycles. The van der Waals surface area contributed by atoms with E-state index in [9.17, 15) is 24.0 Å². The Labute approximate surface area is 264 Å². The van der Waals surface area contributed by atoms with Gasteiger partial charge in [0.05, 0.1) is 49.7 Å². The zero-order valence-electron chi connectivity index (χ0n) is 25.6. The van der Waals surface area contributed by atoms with E-state index < -0.39 is 36.0 Å². The summed E-state index contributed by atoms with van der Waals surface area (Å²) in [6, 6.07) is 8.62. The molecule has 3 fully saturated rings. The zero-order chi connectivity index (χ0) is 33.0. The van der Waals surface area contributed by atoms with Gasteiger partial charge in [0.2, 0.25) is 11.8 Å². The molecule has 15 heteroatoms. The van der Waals surface area contributed by atoms with E-state index in [-0.39, 0.29) is 61.4 Å². The maximum absolute atomic E-state index is 15.3. The van der Waals surface area contributed by atoms with Gasteiger partial charge in [-0.3, -0.25) is 24.4 Å². The number of cyclic esters (lactones) is 2. The molecule has 2 aromatic rings. The average molecular weight is 643 g/mol. The predicted octanol–water partition coefficient (Wildman–Crippen LogP) is 2.52. The molecular formula is C31H36F2N6O7. The molecule has 3 saturated heterocycles. The third-order valence-corrected chi connectivity index (χ3v) is 8.00. The molecule has 13 nitrogen and oxygen atoms in total. The van der Waals surface area contributed by atoms with Crippen molar-refractivity contribution in [2.24, 2.45) is 0 Å². The first-order valence-electron chi connectivity index (χ1n) is 15.1. The fourth-order valence-electron chi connectivity index (χ4n) is 5.55. The van der Waals surface area contributed by atoms with Gasteiger partial charge in [-0.1, -0.05) is 6.07 Å². The summed E-state index contributed by atoms with van der Waals surface area (Å²) in [5.74, 6) is -1.84. The normalized spacial score (nSPS) is 20.0. The third-order valence-electron chi connectivity index (χ3n) is 8.00. The Kier molecular flexibility index (Phi) is 9.99. The molecule has 46 heavy (non-hydrogen) atoms. The molecule has 3 aliphatic rings. The summed E-state index contributed by atoms with van der Waals surface area (Å²) < 4.78 is 40.9. The number of Topliss-reactive ketones (excluding diaryl/α,β-unsaturated/α-hetero) is 1. The van der Waals surface area contributed by atoms with Gasteiger partial charge in [0.1, 0.15) is 29.6 Å². The van der Waals surface area contributed by atoms with E-state index in [0.717, 1.165) is 0 Å². The van der Waals surface area contributed by atoms with Gasteiger partial charge >= 0.3 is 12.2 Å². The minimum Gasteiger partial charge on any atom is -0.444 e. The van der Waals surface area contributed by atoms with E-state index >= 15 is 8.78 Å². The van der Waals surface area contributed by atoms with Crippen molar-refractivity contribution in [3.05, 3.63) is 53.6 Å². The van der Waals surface area contributed by atoms with Gasteiger partial charge in [0.25, 0.3) is 0 Å². The quantitative estimate of drug-likeness (QED) is 0.400. The molecule has 0 radical (unpaired) electrons. The molecule has 0 unspecified atom stereocenters. The molecule has 0 saturated carbocycles. The fraction of sp³-hybridized carbons (Fsp3) is 0.452. The number of nitrogens with one attached hydrogen (secondary N) is 2. The zero-order valence-corrected chi connectivity index (χ0v) is 25.6. The average Bonchev–Trinajstić information content (AvgIpc) is 3.47. The van der Waals surface area contributed by atoms with Gasteiger partial charge in [0, 0.05) is 33.0 Å². The van der Waals surface area contributed by atoms with Crippen LogP contribution in [-0.4, -0.2) is 92.8 Å². The van der Waals surface area contributed by atoms with Gasteiger partial charge in [-0.25, -0.2) is 23.8 Å². The highest BCUT2D eigenvalue weighted by Gasteiger charge is 2.34. The number of rotatable bonds is 10. The maximum atomic E-state index is 15.3. The number of nitrogens with zero attached hydrogens (tertiary/aromatic N) is 4. The molecule has 0 spiro atoms. The van der Waals surface area contributed by atoms with Gasteiger partial charge < -0.3 is 24.5 Å². The summed E-state index contributed by atoms with van der Waals surface area (Å²) in [4.78, 5) is 64.5. The summed E-state index contributed by atoms with van der Waals surface area (Å²) in [5, 5.41) is 3.96. The summed E-state index contributed by atoms with van der Waals surface area (Å²) in [7, 11) is 0. The highest BCUT2D eigenvalue weighted by molar-refractivity contribution is 5.91. The van der Waals surface area contributed by atoms with Crippen molar-refractivity contribution in [2.45, 2.75) is 45.3 Å². The molecule has 2 atom stereocenters. The molecular weight excluding hydrogens is 606 g/mol. The Bertz CT molecular complexity index is 1520. The van der Waals surface area contributed by atoms with Crippen LogP contribution < -0.4 is 25.4 Å². The van der Waals surface area contributed by atoms with Crippen molar-refractivity contribution >= 4 is 46.8 Å². The number of ketones is 1. The Morgan fingerprint density at radius 2 is 1.54 bits per heavy atom. The Morgan fingerprint density at radius 3 is 2.20 bits per heavy atom. The number of hydrogen-bond acceptors (Lipinski definition) is 9. The monoisotopic (exact) mass is 642 g/mol. The number of ether oxygens (including phenoxy) is 2. The van der Waals surface area contributed by atoms with Crippen LogP contribution in [0.2, 0.25) is 0 Å². The molecule has 3 heterocycles. The lowest BCUT2D eigenvalue weighted by atomic mass is 10.1. The van der Waals surface area contributed by atoms with Crippen molar-refractivity contribution in [3.8, 4) is 0 Å². The van der Waals surface area contributed by atoms with Crippen molar-refractivity contribution in [1.29, 1.82) is 0 Å². The molecule has 4 amide bonds. The van der Waals surface area contributed by atoms with Gasteiger partial charge in [-0.05, 0) is 49.2 Å². The molecule has 2 aromatic carbocycles. The SMILES string of the molecule is CC(=O)CC[C@H]1CN(c2ccc(N3CCNN(C(=O)Cc4ccc(N5C[C@H](CNC(C)=O)OC5=O)cc4F)CC3)c(F)c2)C(=O)O1. The molecule has 0 aromatic heterocycles. The number of carbonyl (C=O) groups is 5. The minimum atomic E-state index is -0.658. The number of carbonyl (C=O) groups excluding carboxylic acids is 5. The van der Waals surface area contributed by atoms with Crippen molar-refractivity contribution in [3.63, 3.8) is 0 Å². The number of hydrazine groups is 1. The van der Waals surface area contributed by atoms with Gasteiger partial charge in [-0.15, -0.1) is 0 Å². The molecule has 0 bridgehead atoms. The fourth-order valence-corrected chi connectivity index (χ4v) is 5.55. The van der Waals surface area contributed by atoms with Crippen LogP contribution in [-0.2, 0) is 30.3 Å². The standard InChI is InChI=1S/C31H36F2N6O7/c1-19(40)3-7-24-17-37(30(43)45-24)23-6-8-28(27(33)15-23)36-10-9-35-39(12-11-36)29(42)13-21-4-5-22(14-26(21)32)38-18-25(46-31(38)44)16-34-20(2)41/h4-6,8,14-15,24-25,35H,3,7,9-13,16-18H2,1-2H3,(H,34,41)/t24-,25-/m0/s1. The van der Waals surface area contributed by atoms with Crippen molar-refractivity contribution in [2.75, 3.05) is 60.5 Å². The number of halogens is 2. The van der Waals surface area contributed by atoms with Crippen LogP contribution in [0.25, 0.3) is 0 Å². The van der Waals surface area contributed by atoms with Crippen LogP contribution >= 0.6 is 0 Å². The lowest BCUT2D eigenvalue weighted by Gasteiger charge is -2.24. The van der Waals surface area contributed by atoms with E-state index in [4.69, 9.17) is 9.47 Å². The number of hydrogen-bond donors (Lipinski definition) is 2. The first kappa shape index (κ1) is 32.6. The second-order valence-electron chi connectivity index (χ2n) is 11.4. The van der Waals surface area contributed by atoms with Crippen LogP contribution in [0.3, 0.4) is 0 Å². The molecule has 3 aliphatic heterocycles. The summed E-state index contributed by atoms with van der Waals surface area (Å²) in [6.45, 7) is 4.54. The number of benzene rings is 2. The highest BCUT2D eigenvalue weighted by atomic mass is 19.1. The first-order chi connectivity index (χ1) is 22.0. The van der Waals surface area contributed by atoms with Crippen LogP contribution in [0.4, 0.5) is 35.4 Å². The molecule has 2 N–H and O–H groups in total. The largest absolute Gasteiger partial charge is 0.444 e. The van der Waals surface area contributed by atoms with E-state index in [0.29, 0.717) is 43.9 Å². The summed E-state index contributed by atoms with van der Waals surface area (Å²) in [6.07, 6.45) is -1.79. The minimum absolute atomic E-state index is 0.00122. The van der Waals surface area contributed by atoms with Gasteiger partial charge in [0.15, 0.2) is 0 Å². The van der Waals surface area contributed by atoms with Crippen LogP contribution in [0.1, 0.15) is 32.3 Å². The second-order valence-corrected chi connectivity index (χ2v) is 11.4. The van der Waals surface area contributed by atoms with Gasteiger partial charge in [-0.2, -0.15) is 0 Å². The van der Waals surface area contributed by atoms with Crippen molar-refractivity contribution in [1.82, 2.24) is 15.8 Å². The summed E-state index contributed by atoms with van der Waals surface area (Å²) in [5.41, 5.74) is 4.09. The lowest BCUT2D eigenvalue weighted by molar-refractivity contribution is -0.133. The van der Waals surface area contributed by atoms with Crippen LogP contribution in [0, 0.1) is 11.6 Å². The van der Waals surface area contributed by atoms with Crippen LogP contribution in [0.15, 0.2) is 36.4 Å². The van der Waals surface area contributed by atoms with E-state index in [1.165, 1.54) is 52.9 Å². The van der Waals surface area contributed by atoms with Crippen molar-refractivity contribution < 1.29 is 42.2 Å². The third kappa shape index (κ3) is 7.70. The Morgan fingerprint density at radius 1 is 0.891 bits per heavy atom. The second kappa shape index (κ2) is 14.1. The van der Waals surface area contributed by atoms with Crippen LogP contribution in [0.5, 0.6) is 0 Å². The lowest BCUT2D eigenvalue weighted by Crippen LogP contribution is -2.44. The Balaban J connectivity index is 1.15. The topological polar surface area (TPSA) is 141 Å². The first-order valence-corrected chi connectivity index (χ1v) is 15.1. The highest BCUT2D eigenvalue weighted by Crippen LogP contribution is 2.29.